The SMILES string of the molecule is O=C(N[C@H]1CCN(Cc2cccnc2)C1)[C@@H]1CCCCN1c1nc2ccccc2o1. The largest absolute Gasteiger partial charge is 0.423 e. The zero-order valence-corrected chi connectivity index (χ0v) is 17.0. The topological polar surface area (TPSA) is 74.5 Å². The van der Waals surface area contributed by atoms with Gasteiger partial charge in [-0.25, -0.2) is 0 Å². The molecule has 7 heteroatoms. The number of fused-ring (bicyclic) bond motifs is 1. The van der Waals surface area contributed by atoms with Crippen LogP contribution >= 0.6 is 0 Å². The monoisotopic (exact) mass is 405 g/mol. The Morgan fingerprint density at radius 1 is 1.13 bits per heavy atom. The Balaban J connectivity index is 1.23. The Bertz CT molecular complexity index is 972. The van der Waals surface area contributed by atoms with E-state index in [2.05, 4.69) is 26.3 Å². The molecule has 2 fully saturated rings. The summed E-state index contributed by atoms with van der Waals surface area (Å²) in [6, 6.07) is 12.3. The van der Waals surface area contributed by atoms with E-state index in [4.69, 9.17) is 4.42 Å². The molecule has 2 atom stereocenters. The summed E-state index contributed by atoms with van der Waals surface area (Å²) < 4.78 is 5.96. The molecule has 0 bridgehead atoms. The summed E-state index contributed by atoms with van der Waals surface area (Å²) in [5, 5.41) is 3.29. The molecule has 30 heavy (non-hydrogen) atoms. The molecule has 2 saturated heterocycles. The molecule has 0 saturated carbocycles. The number of benzene rings is 1. The number of hydrogen-bond donors (Lipinski definition) is 1. The maximum atomic E-state index is 13.2. The minimum atomic E-state index is -0.223. The molecule has 0 spiro atoms. The van der Waals surface area contributed by atoms with Crippen molar-refractivity contribution >= 4 is 23.0 Å². The molecule has 7 nitrogen and oxygen atoms in total. The first-order valence-corrected chi connectivity index (χ1v) is 10.8. The molecular formula is C23H27N5O2. The van der Waals surface area contributed by atoms with Crippen molar-refractivity contribution in [3.05, 3.63) is 54.4 Å². The normalized spacial score (nSPS) is 22.5. The molecule has 1 amide bonds. The first-order chi connectivity index (χ1) is 14.8. The van der Waals surface area contributed by atoms with Crippen molar-refractivity contribution in [2.45, 2.75) is 44.3 Å². The second-order valence-electron chi connectivity index (χ2n) is 8.26. The van der Waals surface area contributed by atoms with Gasteiger partial charge in [-0.3, -0.25) is 14.7 Å². The van der Waals surface area contributed by atoms with Gasteiger partial charge in [-0.05, 0) is 49.4 Å². The summed E-state index contributed by atoms with van der Waals surface area (Å²) >= 11 is 0. The van der Waals surface area contributed by atoms with Crippen LogP contribution in [0.15, 0.2) is 53.2 Å². The molecule has 2 aliphatic rings. The number of hydrogen-bond acceptors (Lipinski definition) is 6. The maximum Gasteiger partial charge on any atom is 0.299 e. The van der Waals surface area contributed by atoms with E-state index in [9.17, 15) is 4.79 Å². The van der Waals surface area contributed by atoms with E-state index in [1.54, 1.807) is 6.20 Å². The molecule has 3 aromatic rings. The molecule has 156 valence electrons. The highest BCUT2D eigenvalue weighted by molar-refractivity contribution is 5.85. The minimum Gasteiger partial charge on any atom is -0.423 e. The van der Waals surface area contributed by atoms with Crippen LogP contribution in [0.5, 0.6) is 0 Å². The summed E-state index contributed by atoms with van der Waals surface area (Å²) in [5.41, 5.74) is 2.80. The Morgan fingerprint density at radius 3 is 2.93 bits per heavy atom. The molecule has 0 unspecified atom stereocenters. The molecule has 0 aliphatic carbocycles. The number of anilines is 1. The number of nitrogens with one attached hydrogen (secondary N) is 1. The van der Waals surface area contributed by atoms with Gasteiger partial charge in [0, 0.05) is 44.6 Å². The third-order valence-corrected chi connectivity index (χ3v) is 6.08. The number of likely N-dealkylation sites (tertiary alicyclic amines) is 1. The van der Waals surface area contributed by atoms with E-state index in [1.165, 1.54) is 5.56 Å². The maximum absolute atomic E-state index is 13.2. The Hall–Kier alpha value is -2.93. The van der Waals surface area contributed by atoms with Gasteiger partial charge in [0.2, 0.25) is 5.91 Å². The van der Waals surface area contributed by atoms with Gasteiger partial charge in [-0.1, -0.05) is 18.2 Å². The van der Waals surface area contributed by atoms with Gasteiger partial charge in [0.1, 0.15) is 11.6 Å². The number of oxazole rings is 1. The fraction of sp³-hybridized carbons (Fsp3) is 0.435. The van der Waals surface area contributed by atoms with Gasteiger partial charge in [0.15, 0.2) is 5.58 Å². The van der Waals surface area contributed by atoms with E-state index in [0.29, 0.717) is 6.01 Å². The fourth-order valence-corrected chi connectivity index (χ4v) is 4.56. The highest BCUT2D eigenvalue weighted by atomic mass is 16.4. The van der Waals surface area contributed by atoms with Gasteiger partial charge < -0.3 is 14.6 Å². The van der Waals surface area contributed by atoms with Gasteiger partial charge in [-0.15, -0.1) is 0 Å². The number of amides is 1. The smallest absolute Gasteiger partial charge is 0.299 e. The van der Waals surface area contributed by atoms with Crippen molar-refractivity contribution < 1.29 is 9.21 Å². The molecular weight excluding hydrogens is 378 g/mol. The third kappa shape index (κ3) is 4.03. The fourth-order valence-electron chi connectivity index (χ4n) is 4.56. The molecule has 2 aromatic heterocycles. The van der Waals surface area contributed by atoms with Crippen LogP contribution in [-0.2, 0) is 11.3 Å². The molecule has 4 heterocycles. The first kappa shape index (κ1) is 19.1. The lowest BCUT2D eigenvalue weighted by atomic mass is 10.0. The number of piperidine rings is 1. The molecule has 1 N–H and O–H groups in total. The zero-order chi connectivity index (χ0) is 20.3. The molecule has 0 radical (unpaired) electrons. The van der Waals surface area contributed by atoms with Crippen LogP contribution in [0.4, 0.5) is 6.01 Å². The summed E-state index contributed by atoms with van der Waals surface area (Å²) in [7, 11) is 0. The molecule has 5 rings (SSSR count). The quantitative estimate of drug-likeness (QED) is 0.703. The Morgan fingerprint density at radius 2 is 2.07 bits per heavy atom. The highest BCUT2D eigenvalue weighted by Gasteiger charge is 2.34. The van der Waals surface area contributed by atoms with E-state index in [-0.39, 0.29) is 18.0 Å². The molecule has 1 aromatic carbocycles. The van der Waals surface area contributed by atoms with Crippen molar-refractivity contribution in [1.82, 2.24) is 20.2 Å². The second-order valence-corrected chi connectivity index (χ2v) is 8.26. The average molecular weight is 406 g/mol. The van der Waals surface area contributed by atoms with Gasteiger partial charge in [0.25, 0.3) is 6.01 Å². The number of carbonyl (C=O) groups is 1. The van der Waals surface area contributed by atoms with Crippen molar-refractivity contribution in [2.24, 2.45) is 0 Å². The standard InChI is InChI=1S/C23H27N5O2/c29-22(25-18-10-13-27(16-18)15-17-6-5-11-24-14-17)20-8-3-4-12-28(20)23-26-19-7-1-2-9-21(19)30-23/h1-2,5-7,9,11,14,18,20H,3-4,8,10,12-13,15-16H2,(H,25,29)/t18-,20-/m0/s1. The van der Waals surface area contributed by atoms with Crippen LogP contribution in [0, 0.1) is 0 Å². The van der Waals surface area contributed by atoms with Crippen molar-refractivity contribution in [1.29, 1.82) is 0 Å². The van der Waals surface area contributed by atoms with Crippen molar-refractivity contribution in [3.63, 3.8) is 0 Å². The number of nitrogens with zero attached hydrogens (tertiary/aromatic N) is 4. The number of carbonyl (C=O) groups excluding carboxylic acids is 1. The van der Waals surface area contributed by atoms with Crippen LogP contribution in [0.2, 0.25) is 0 Å². The summed E-state index contributed by atoms with van der Waals surface area (Å²) in [4.78, 5) is 26.4. The van der Waals surface area contributed by atoms with Gasteiger partial charge in [0.05, 0.1) is 0 Å². The Labute approximate surface area is 176 Å². The lowest BCUT2D eigenvalue weighted by Gasteiger charge is -2.34. The van der Waals surface area contributed by atoms with E-state index < -0.39 is 0 Å². The van der Waals surface area contributed by atoms with Crippen LogP contribution < -0.4 is 10.2 Å². The third-order valence-electron chi connectivity index (χ3n) is 6.08. The number of pyridine rings is 1. The van der Waals surface area contributed by atoms with Gasteiger partial charge >= 0.3 is 0 Å². The highest BCUT2D eigenvalue weighted by Crippen LogP contribution is 2.28. The summed E-state index contributed by atoms with van der Waals surface area (Å²) in [5.74, 6) is 0.0881. The average Bonchev–Trinajstić information content (AvgIpc) is 3.41. The predicted molar refractivity (Wildman–Crippen MR) is 115 cm³/mol. The summed E-state index contributed by atoms with van der Waals surface area (Å²) in [6.07, 6.45) is 7.60. The first-order valence-electron chi connectivity index (χ1n) is 10.8. The van der Waals surface area contributed by atoms with Crippen LogP contribution in [0.1, 0.15) is 31.2 Å². The van der Waals surface area contributed by atoms with Crippen LogP contribution in [0.25, 0.3) is 11.1 Å². The predicted octanol–water partition coefficient (Wildman–Crippen LogP) is 2.97. The van der Waals surface area contributed by atoms with E-state index >= 15 is 0 Å². The van der Waals surface area contributed by atoms with Crippen molar-refractivity contribution in [2.75, 3.05) is 24.5 Å². The second kappa shape index (κ2) is 8.44. The Kier molecular flexibility index (Phi) is 5.36. The van der Waals surface area contributed by atoms with Crippen LogP contribution in [-0.4, -0.2) is 52.5 Å². The van der Waals surface area contributed by atoms with Crippen molar-refractivity contribution in [3.8, 4) is 0 Å². The number of rotatable bonds is 5. The number of para-hydroxylation sites is 2. The minimum absolute atomic E-state index is 0.0881. The van der Waals surface area contributed by atoms with E-state index in [0.717, 1.165) is 63.0 Å². The van der Waals surface area contributed by atoms with Crippen LogP contribution in [0.3, 0.4) is 0 Å². The van der Waals surface area contributed by atoms with E-state index in [1.807, 2.05) is 41.4 Å². The van der Waals surface area contributed by atoms with Gasteiger partial charge in [-0.2, -0.15) is 4.98 Å². The lowest BCUT2D eigenvalue weighted by molar-refractivity contribution is -0.123. The summed E-state index contributed by atoms with van der Waals surface area (Å²) in [6.45, 7) is 3.52. The number of aromatic nitrogens is 2. The lowest BCUT2D eigenvalue weighted by Crippen LogP contribution is -2.52. The zero-order valence-electron chi connectivity index (χ0n) is 17.0. The molecule has 2 aliphatic heterocycles.